The molecule has 0 amide bonds. The van der Waals surface area contributed by atoms with E-state index in [-0.39, 0.29) is 4.87 Å². The summed E-state index contributed by atoms with van der Waals surface area (Å²) in [5.74, 6) is 1.99. The molecule has 2 heteroatoms. The predicted octanol–water partition coefficient (Wildman–Crippen LogP) is 2.37. The van der Waals surface area contributed by atoms with Crippen LogP contribution in [0.25, 0.3) is 0 Å². The first-order valence-electron chi connectivity index (χ1n) is 4.89. The molecule has 12 heavy (non-hydrogen) atoms. The number of hydrogen-bond donors (Lipinski definition) is 0. The summed E-state index contributed by atoms with van der Waals surface area (Å²) in [6, 6.07) is 0. The van der Waals surface area contributed by atoms with E-state index in [1.165, 1.54) is 6.42 Å². The van der Waals surface area contributed by atoms with Gasteiger partial charge in [0.25, 0.3) is 0 Å². The topological polar surface area (TPSA) is 17.1 Å². The maximum absolute atomic E-state index is 11.7. The van der Waals surface area contributed by atoms with Crippen LogP contribution in [0, 0.1) is 17.8 Å². The van der Waals surface area contributed by atoms with Crippen LogP contribution in [0.3, 0.4) is 0 Å². The lowest BCUT2D eigenvalue weighted by molar-refractivity contribution is -0.138. The normalized spacial score (nSPS) is 56.4. The van der Waals surface area contributed by atoms with Gasteiger partial charge < -0.3 is 0 Å². The van der Waals surface area contributed by atoms with Crippen LogP contribution < -0.4 is 0 Å². The van der Waals surface area contributed by atoms with Crippen LogP contribution in [0.5, 0.6) is 0 Å². The summed E-state index contributed by atoms with van der Waals surface area (Å²) >= 11 is 6.44. The third-order valence-corrected chi connectivity index (χ3v) is 4.38. The first kappa shape index (κ1) is 7.37. The Balaban J connectivity index is 2.00. The van der Waals surface area contributed by atoms with Gasteiger partial charge in [0.2, 0.25) is 0 Å². The number of alkyl halides is 1. The van der Waals surface area contributed by atoms with Crippen molar-refractivity contribution in [3.63, 3.8) is 0 Å². The molecule has 4 saturated carbocycles. The van der Waals surface area contributed by atoms with Gasteiger partial charge in [0.1, 0.15) is 5.78 Å². The third-order valence-electron chi connectivity index (χ3n) is 3.92. The van der Waals surface area contributed by atoms with Crippen LogP contribution in [-0.4, -0.2) is 10.7 Å². The fourth-order valence-corrected chi connectivity index (χ4v) is 4.24. The van der Waals surface area contributed by atoms with Gasteiger partial charge in [-0.15, -0.1) is 11.6 Å². The summed E-state index contributed by atoms with van der Waals surface area (Å²) in [6.07, 6.45) is 5.41. The molecular formula is C10H13ClO. The summed E-state index contributed by atoms with van der Waals surface area (Å²) in [7, 11) is 0. The van der Waals surface area contributed by atoms with Crippen LogP contribution in [0.1, 0.15) is 32.1 Å². The standard InChI is InChI=1S/C10H13ClO/c11-10-3-6-1-7(4-10)9(12)8(2-6)5-10/h6-8H,1-5H2. The average molecular weight is 185 g/mol. The fourth-order valence-electron chi connectivity index (χ4n) is 3.65. The molecule has 1 nitrogen and oxygen atoms in total. The lowest BCUT2D eigenvalue weighted by atomic mass is 9.55. The summed E-state index contributed by atoms with van der Waals surface area (Å²) in [5, 5.41) is 0. The number of carbonyl (C=O) groups excluding carboxylic acids is 1. The van der Waals surface area contributed by atoms with Crippen molar-refractivity contribution < 1.29 is 4.79 Å². The molecule has 0 aliphatic heterocycles. The van der Waals surface area contributed by atoms with Gasteiger partial charge in [-0.2, -0.15) is 0 Å². The minimum Gasteiger partial charge on any atom is -0.299 e. The van der Waals surface area contributed by atoms with Crippen molar-refractivity contribution in [3.8, 4) is 0 Å². The molecule has 4 fully saturated rings. The summed E-state index contributed by atoms with van der Waals surface area (Å²) < 4.78 is 0. The molecule has 0 heterocycles. The van der Waals surface area contributed by atoms with E-state index in [0.717, 1.165) is 31.6 Å². The van der Waals surface area contributed by atoms with Crippen molar-refractivity contribution in [1.82, 2.24) is 0 Å². The summed E-state index contributed by atoms with van der Waals surface area (Å²) in [6.45, 7) is 0. The van der Waals surface area contributed by atoms with E-state index in [4.69, 9.17) is 11.6 Å². The van der Waals surface area contributed by atoms with Crippen LogP contribution in [0.2, 0.25) is 0 Å². The Morgan fingerprint density at radius 3 is 2.25 bits per heavy atom. The van der Waals surface area contributed by atoms with Gasteiger partial charge in [0.15, 0.2) is 0 Å². The van der Waals surface area contributed by atoms with Gasteiger partial charge in [-0.05, 0) is 38.0 Å². The lowest BCUT2D eigenvalue weighted by Crippen LogP contribution is -2.52. The Kier molecular flexibility index (Phi) is 1.27. The minimum atomic E-state index is 0.0322. The molecule has 4 aliphatic carbocycles. The van der Waals surface area contributed by atoms with Crippen molar-refractivity contribution in [2.75, 3.05) is 0 Å². The van der Waals surface area contributed by atoms with E-state index >= 15 is 0 Å². The molecule has 0 radical (unpaired) electrons. The van der Waals surface area contributed by atoms with Crippen molar-refractivity contribution in [3.05, 3.63) is 0 Å². The molecule has 0 aromatic carbocycles. The first-order valence-corrected chi connectivity index (χ1v) is 5.27. The highest BCUT2D eigenvalue weighted by Crippen LogP contribution is 2.56. The van der Waals surface area contributed by atoms with E-state index in [1.807, 2.05) is 0 Å². The van der Waals surface area contributed by atoms with Crippen LogP contribution in [0.15, 0.2) is 0 Å². The Hall–Kier alpha value is -0.0400. The molecule has 0 aromatic heterocycles. The van der Waals surface area contributed by atoms with Crippen LogP contribution >= 0.6 is 11.6 Å². The molecule has 4 rings (SSSR count). The zero-order valence-corrected chi connectivity index (χ0v) is 7.81. The quantitative estimate of drug-likeness (QED) is 0.529. The van der Waals surface area contributed by atoms with E-state index in [2.05, 4.69) is 0 Å². The molecule has 4 bridgehead atoms. The van der Waals surface area contributed by atoms with Crippen molar-refractivity contribution in [2.24, 2.45) is 17.8 Å². The molecule has 4 aliphatic rings. The van der Waals surface area contributed by atoms with E-state index in [9.17, 15) is 4.79 Å². The number of halogens is 1. The molecule has 66 valence electrons. The van der Waals surface area contributed by atoms with Gasteiger partial charge >= 0.3 is 0 Å². The molecule has 2 atom stereocenters. The zero-order valence-electron chi connectivity index (χ0n) is 7.05. The second-order valence-electron chi connectivity index (χ2n) is 4.90. The molecule has 2 unspecified atom stereocenters. The van der Waals surface area contributed by atoms with Crippen LogP contribution in [0.4, 0.5) is 0 Å². The predicted molar refractivity (Wildman–Crippen MR) is 47.1 cm³/mol. The van der Waals surface area contributed by atoms with E-state index in [0.29, 0.717) is 17.6 Å². The van der Waals surface area contributed by atoms with Crippen molar-refractivity contribution in [2.45, 2.75) is 37.0 Å². The molecule has 0 spiro atoms. The monoisotopic (exact) mass is 184 g/mol. The van der Waals surface area contributed by atoms with Crippen LogP contribution in [-0.2, 0) is 4.79 Å². The number of carbonyl (C=O) groups is 1. The largest absolute Gasteiger partial charge is 0.299 e. The molecular weight excluding hydrogens is 172 g/mol. The molecule has 0 saturated heterocycles. The number of rotatable bonds is 0. The van der Waals surface area contributed by atoms with Crippen molar-refractivity contribution >= 4 is 17.4 Å². The van der Waals surface area contributed by atoms with E-state index in [1.54, 1.807) is 0 Å². The smallest absolute Gasteiger partial charge is 0.139 e. The maximum Gasteiger partial charge on any atom is 0.139 e. The molecule has 0 aromatic rings. The number of hydrogen-bond acceptors (Lipinski definition) is 1. The Bertz CT molecular complexity index is 230. The maximum atomic E-state index is 11.7. The number of ketones is 1. The second kappa shape index (κ2) is 2.06. The number of Topliss-reactive ketones (excluding diaryl/α,β-unsaturated/α-hetero) is 1. The van der Waals surface area contributed by atoms with E-state index < -0.39 is 0 Å². The SMILES string of the molecule is O=C1C2CC3CC1CC(Cl)(C3)C2. The van der Waals surface area contributed by atoms with Gasteiger partial charge in [0, 0.05) is 16.7 Å². The Morgan fingerprint density at radius 1 is 1.17 bits per heavy atom. The fraction of sp³-hybridized carbons (Fsp3) is 0.900. The average Bonchev–Trinajstić information content (AvgIpc) is 1.96. The highest BCUT2D eigenvalue weighted by atomic mass is 35.5. The molecule has 0 N–H and O–H groups in total. The Labute approximate surface area is 77.5 Å². The Morgan fingerprint density at radius 2 is 1.75 bits per heavy atom. The first-order chi connectivity index (χ1) is 5.66. The van der Waals surface area contributed by atoms with Gasteiger partial charge in [-0.25, -0.2) is 0 Å². The second-order valence-corrected chi connectivity index (χ2v) is 5.70. The highest BCUT2D eigenvalue weighted by Gasteiger charge is 2.54. The van der Waals surface area contributed by atoms with Gasteiger partial charge in [0.05, 0.1) is 0 Å². The van der Waals surface area contributed by atoms with Gasteiger partial charge in [-0.1, -0.05) is 0 Å². The minimum absolute atomic E-state index is 0.0322. The summed E-state index contributed by atoms with van der Waals surface area (Å²) in [4.78, 5) is 11.7. The lowest BCUT2D eigenvalue weighted by Gasteiger charge is -2.52. The van der Waals surface area contributed by atoms with Crippen molar-refractivity contribution in [1.29, 1.82) is 0 Å². The zero-order chi connectivity index (χ0) is 8.34. The van der Waals surface area contributed by atoms with Gasteiger partial charge in [-0.3, -0.25) is 4.79 Å². The highest BCUT2D eigenvalue weighted by molar-refractivity contribution is 6.24. The summed E-state index contributed by atoms with van der Waals surface area (Å²) in [5.41, 5.74) is 0. The third kappa shape index (κ3) is 0.834.